The standard InChI is InChI=1S/C28H30F3NO3/c1-2-3-7-19-34-26-18-15-23(22-13-16-24(17-14-22)35-28(29,30)31)20-25(26)32-27(33)12-8-11-21-9-5-4-6-10-21/h4-6,9-10,13-18,20H,2-3,7-8,11-12,19H2,1H3,(H,32,33). The second kappa shape index (κ2) is 12.8. The monoisotopic (exact) mass is 485 g/mol. The maximum Gasteiger partial charge on any atom is 0.573 e. The van der Waals surface area contributed by atoms with Crippen LogP contribution in [0.1, 0.15) is 44.6 Å². The molecular formula is C28H30F3NO3. The van der Waals surface area contributed by atoms with E-state index >= 15 is 0 Å². The molecule has 3 aromatic carbocycles. The first kappa shape index (κ1) is 26.1. The molecule has 0 heterocycles. The van der Waals surface area contributed by atoms with Gasteiger partial charge in [-0.25, -0.2) is 0 Å². The summed E-state index contributed by atoms with van der Waals surface area (Å²) in [7, 11) is 0. The van der Waals surface area contributed by atoms with Gasteiger partial charge in [-0.15, -0.1) is 13.2 Å². The van der Waals surface area contributed by atoms with E-state index in [0.717, 1.165) is 31.2 Å². The predicted octanol–water partition coefficient (Wildman–Crippen LogP) is 7.78. The zero-order valence-corrected chi connectivity index (χ0v) is 19.7. The fourth-order valence-corrected chi connectivity index (χ4v) is 3.63. The van der Waals surface area contributed by atoms with Crippen LogP contribution in [0.15, 0.2) is 72.8 Å². The zero-order chi connectivity index (χ0) is 25.1. The molecule has 0 aromatic heterocycles. The van der Waals surface area contributed by atoms with Gasteiger partial charge in [0.05, 0.1) is 12.3 Å². The smallest absolute Gasteiger partial charge is 0.491 e. The van der Waals surface area contributed by atoms with Gasteiger partial charge in [0.15, 0.2) is 0 Å². The van der Waals surface area contributed by atoms with E-state index in [9.17, 15) is 18.0 Å². The van der Waals surface area contributed by atoms with E-state index in [4.69, 9.17) is 4.74 Å². The Labute approximate surface area is 204 Å². The number of anilines is 1. The van der Waals surface area contributed by atoms with E-state index in [1.54, 1.807) is 24.3 Å². The molecule has 7 heteroatoms. The number of halogens is 3. The van der Waals surface area contributed by atoms with Crippen molar-refractivity contribution in [1.29, 1.82) is 0 Å². The van der Waals surface area contributed by atoms with E-state index < -0.39 is 6.36 Å². The van der Waals surface area contributed by atoms with Gasteiger partial charge in [0.2, 0.25) is 5.91 Å². The van der Waals surface area contributed by atoms with Crippen LogP contribution in [0.5, 0.6) is 11.5 Å². The van der Waals surface area contributed by atoms with Crippen molar-refractivity contribution in [1.82, 2.24) is 0 Å². The van der Waals surface area contributed by atoms with Crippen LogP contribution in [0.25, 0.3) is 11.1 Å². The summed E-state index contributed by atoms with van der Waals surface area (Å²) in [4.78, 5) is 12.7. The molecule has 0 fully saturated rings. The lowest BCUT2D eigenvalue weighted by atomic mass is 10.0. The fraction of sp³-hybridized carbons (Fsp3) is 0.321. The van der Waals surface area contributed by atoms with Gasteiger partial charge >= 0.3 is 6.36 Å². The van der Waals surface area contributed by atoms with Crippen molar-refractivity contribution in [2.24, 2.45) is 0 Å². The summed E-state index contributed by atoms with van der Waals surface area (Å²) in [5.74, 6) is 0.160. The molecule has 35 heavy (non-hydrogen) atoms. The topological polar surface area (TPSA) is 47.6 Å². The lowest BCUT2D eigenvalue weighted by molar-refractivity contribution is -0.274. The summed E-state index contributed by atoms with van der Waals surface area (Å²) in [5.41, 5.74) is 3.15. The van der Waals surface area contributed by atoms with Gasteiger partial charge in [-0.3, -0.25) is 4.79 Å². The largest absolute Gasteiger partial charge is 0.573 e. The van der Waals surface area contributed by atoms with Gasteiger partial charge in [0, 0.05) is 6.42 Å². The van der Waals surface area contributed by atoms with Crippen molar-refractivity contribution in [3.8, 4) is 22.6 Å². The number of unbranched alkanes of at least 4 members (excludes halogenated alkanes) is 2. The van der Waals surface area contributed by atoms with E-state index in [-0.39, 0.29) is 11.7 Å². The Kier molecular flexibility index (Phi) is 9.58. The number of carbonyl (C=O) groups is 1. The summed E-state index contributed by atoms with van der Waals surface area (Å²) in [6.07, 6.45) is 0.161. The highest BCUT2D eigenvalue weighted by Crippen LogP contribution is 2.33. The normalized spacial score (nSPS) is 11.2. The molecule has 4 nitrogen and oxygen atoms in total. The molecule has 3 aromatic rings. The highest BCUT2D eigenvalue weighted by atomic mass is 19.4. The van der Waals surface area contributed by atoms with Crippen LogP contribution < -0.4 is 14.8 Å². The van der Waals surface area contributed by atoms with Gasteiger partial charge in [0.25, 0.3) is 0 Å². The van der Waals surface area contributed by atoms with Gasteiger partial charge in [-0.2, -0.15) is 0 Å². The number of alkyl halides is 3. The molecule has 0 saturated heterocycles. The van der Waals surface area contributed by atoms with Crippen LogP contribution >= 0.6 is 0 Å². The summed E-state index contributed by atoms with van der Waals surface area (Å²) >= 11 is 0. The number of aryl methyl sites for hydroxylation is 1. The Hall–Kier alpha value is -3.48. The average molecular weight is 486 g/mol. The van der Waals surface area contributed by atoms with Crippen molar-refractivity contribution in [2.45, 2.75) is 51.8 Å². The highest BCUT2D eigenvalue weighted by Gasteiger charge is 2.31. The summed E-state index contributed by atoms with van der Waals surface area (Å²) in [6, 6.07) is 21.0. The van der Waals surface area contributed by atoms with Crippen molar-refractivity contribution >= 4 is 11.6 Å². The molecule has 0 aliphatic carbocycles. The molecule has 0 unspecified atom stereocenters. The number of rotatable bonds is 12. The maximum absolute atomic E-state index is 12.7. The van der Waals surface area contributed by atoms with Crippen LogP contribution in [-0.2, 0) is 11.2 Å². The number of ether oxygens (including phenoxy) is 2. The van der Waals surface area contributed by atoms with Crippen molar-refractivity contribution < 1.29 is 27.4 Å². The molecule has 0 aliphatic rings. The molecule has 0 spiro atoms. The van der Waals surface area contributed by atoms with Crippen molar-refractivity contribution in [3.63, 3.8) is 0 Å². The first-order valence-electron chi connectivity index (χ1n) is 11.8. The molecule has 3 rings (SSSR count). The van der Waals surface area contributed by atoms with Crippen LogP contribution in [-0.4, -0.2) is 18.9 Å². The second-order valence-electron chi connectivity index (χ2n) is 8.23. The highest BCUT2D eigenvalue weighted by molar-refractivity contribution is 5.93. The Morgan fingerprint density at radius 2 is 1.60 bits per heavy atom. The number of amides is 1. The fourth-order valence-electron chi connectivity index (χ4n) is 3.63. The Bertz CT molecular complexity index is 1070. The molecular weight excluding hydrogens is 455 g/mol. The Balaban J connectivity index is 1.70. The van der Waals surface area contributed by atoms with Gasteiger partial charge in [-0.1, -0.05) is 68.3 Å². The van der Waals surface area contributed by atoms with Crippen molar-refractivity contribution in [2.75, 3.05) is 11.9 Å². The van der Waals surface area contributed by atoms with E-state index in [1.165, 1.54) is 17.7 Å². The number of nitrogens with one attached hydrogen (secondary N) is 1. The molecule has 0 aliphatic heterocycles. The minimum atomic E-state index is -4.74. The number of hydrogen-bond donors (Lipinski definition) is 1. The molecule has 1 N–H and O–H groups in total. The molecule has 186 valence electrons. The third-order valence-corrected chi connectivity index (χ3v) is 5.39. The predicted molar refractivity (Wildman–Crippen MR) is 132 cm³/mol. The van der Waals surface area contributed by atoms with Crippen LogP contribution in [0, 0.1) is 0 Å². The third kappa shape index (κ3) is 9.00. The molecule has 0 radical (unpaired) electrons. The first-order valence-corrected chi connectivity index (χ1v) is 11.8. The van der Waals surface area contributed by atoms with E-state index in [2.05, 4.69) is 17.0 Å². The van der Waals surface area contributed by atoms with Crippen LogP contribution in [0.3, 0.4) is 0 Å². The lowest BCUT2D eigenvalue weighted by Gasteiger charge is -2.15. The molecule has 0 saturated carbocycles. The van der Waals surface area contributed by atoms with Crippen LogP contribution in [0.2, 0.25) is 0 Å². The van der Waals surface area contributed by atoms with Gasteiger partial charge in [-0.05, 0) is 60.2 Å². The number of benzene rings is 3. The molecule has 1 amide bonds. The SMILES string of the molecule is CCCCCOc1ccc(-c2ccc(OC(F)(F)F)cc2)cc1NC(=O)CCCc1ccccc1. The molecule has 0 bridgehead atoms. The maximum atomic E-state index is 12.7. The quantitative estimate of drug-likeness (QED) is 0.267. The first-order chi connectivity index (χ1) is 16.8. The third-order valence-electron chi connectivity index (χ3n) is 5.39. The Morgan fingerprint density at radius 3 is 2.29 bits per heavy atom. The Morgan fingerprint density at radius 1 is 0.886 bits per heavy atom. The minimum absolute atomic E-state index is 0.120. The average Bonchev–Trinajstić information content (AvgIpc) is 2.83. The summed E-state index contributed by atoms with van der Waals surface area (Å²) in [6.45, 7) is 2.65. The van der Waals surface area contributed by atoms with Gasteiger partial charge in [0.1, 0.15) is 11.5 Å². The zero-order valence-electron chi connectivity index (χ0n) is 19.7. The number of carbonyl (C=O) groups excluding carboxylic acids is 1. The number of hydrogen-bond acceptors (Lipinski definition) is 3. The summed E-state index contributed by atoms with van der Waals surface area (Å²) in [5, 5.41) is 2.95. The van der Waals surface area contributed by atoms with Crippen molar-refractivity contribution in [3.05, 3.63) is 78.4 Å². The molecule has 0 atom stereocenters. The second-order valence-corrected chi connectivity index (χ2v) is 8.23. The van der Waals surface area contributed by atoms with Crippen LogP contribution in [0.4, 0.5) is 18.9 Å². The minimum Gasteiger partial charge on any atom is -0.491 e. The summed E-state index contributed by atoms with van der Waals surface area (Å²) < 4.78 is 47.2. The lowest BCUT2D eigenvalue weighted by Crippen LogP contribution is -2.16. The van der Waals surface area contributed by atoms with Gasteiger partial charge < -0.3 is 14.8 Å². The van der Waals surface area contributed by atoms with E-state index in [0.29, 0.717) is 36.4 Å². The van der Waals surface area contributed by atoms with E-state index in [1.807, 2.05) is 36.4 Å².